The average Bonchev–Trinajstić information content (AvgIpc) is 1.78. The molecular formula is C7H13NO3. The predicted octanol–water partition coefficient (Wildman–Crippen LogP) is -0.0548. The number of hydrogen-bond donors (Lipinski definition) is 3. The summed E-state index contributed by atoms with van der Waals surface area (Å²) < 4.78 is 0. The highest BCUT2D eigenvalue weighted by atomic mass is 16.4. The molecule has 0 fully saturated rings. The number of aliphatic hydroxyl groups is 1. The third kappa shape index (κ3) is 8.97. The molecular weight excluding hydrogens is 146 g/mol. The lowest BCUT2D eigenvalue weighted by Gasteiger charge is -2.15. The van der Waals surface area contributed by atoms with Gasteiger partial charge in [-0.2, -0.15) is 0 Å². The largest absolute Gasteiger partial charge is 0.478 e. The number of carboxylic acid groups (broad SMARTS) is 1. The minimum atomic E-state index is -1.01. The van der Waals surface area contributed by atoms with Gasteiger partial charge in [0.15, 0.2) is 0 Å². The van der Waals surface area contributed by atoms with Crippen LogP contribution in [0.4, 0.5) is 0 Å². The van der Waals surface area contributed by atoms with Gasteiger partial charge < -0.3 is 15.5 Å². The molecule has 3 N–H and O–H groups in total. The molecule has 4 nitrogen and oxygen atoms in total. The van der Waals surface area contributed by atoms with E-state index < -0.39 is 11.6 Å². The molecule has 0 aromatic carbocycles. The van der Waals surface area contributed by atoms with Crippen molar-refractivity contribution in [2.24, 2.45) is 0 Å². The Kier molecular flexibility index (Phi) is 3.60. The van der Waals surface area contributed by atoms with Gasteiger partial charge in [0.25, 0.3) is 0 Å². The van der Waals surface area contributed by atoms with Crippen LogP contribution < -0.4 is 5.32 Å². The van der Waals surface area contributed by atoms with Gasteiger partial charge in [0.2, 0.25) is 0 Å². The van der Waals surface area contributed by atoms with Gasteiger partial charge in [-0.05, 0) is 13.8 Å². The van der Waals surface area contributed by atoms with Crippen LogP contribution in [0.2, 0.25) is 0 Å². The fraction of sp³-hybridized carbons (Fsp3) is 0.571. The molecule has 0 heterocycles. The SMILES string of the molecule is CC(C)(O)CN/C=C/C(=O)O. The summed E-state index contributed by atoms with van der Waals surface area (Å²) in [5.41, 5.74) is -0.817. The molecule has 0 aliphatic heterocycles. The van der Waals surface area contributed by atoms with Crippen molar-refractivity contribution < 1.29 is 15.0 Å². The van der Waals surface area contributed by atoms with E-state index in [1.165, 1.54) is 6.20 Å². The molecule has 0 bridgehead atoms. The first-order chi connectivity index (χ1) is 4.92. The number of nitrogens with one attached hydrogen (secondary N) is 1. The van der Waals surface area contributed by atoms with Gasteiger partial charge in [-0.15, -0.1) is 0 Å². The van der Waals surface area contributed by atoms with Crippen LogP contribution in [-0.4, -0.2) is 28.3 Å². The topological polar surface area (TPSA) is 69.6 Å². The van der Waals surface area contributed by atoms with Crippen molar-refractivity contribution in [2.75, 3.05) is 6.54 Å². The minimum absolute atomic E-state index is 0.330. The Morgan fingerprint density at radius 1 is 1.64 bits per heavy atom. The second kappa shape index (κ2) is 3.98. The van der Waals surface area contributed by atoms with E-state index in [2.05, 4.69) is 5.32 Å². The van der Waals surface area contributed by atoms with E-state index in [4.69, 9.17) is 10.2 Å². The highest BCUT2D eigenvalue weighted by Crippen LogP contribution is 1.96. The minimum Gasteiger partial charge on any atom is -0.478 e. The Morgan fingerprint density at radius 2 is 2.18 bits per heavy atom. The van der Waals surface area contributed by atoms with Crippen molar-refractivity contribution in [2.45, 2.75) is 19.4 Å². The lowest BCUT2D eigenvalue weighted by molar-refractivity contribution is -0.131. The van der Waals surface area contributed by atoms with Crippen molar-refractivity contribution in [3.63, 3.8) is 0 Å². The number of hydrogen-bond acceptors (Lipinski definition) is 3. The van der Waals surface area contributed by atoms with E-state index in [-0.39, 0.29) is 0 Å². The lowest BCUT2D eigenvalue weighted by Crippen LogP contribution is -2.32. The summed E-state index contributed by atoms with van der Waals surface area (Å²) in [4.78, 5) is 9.93. The van der Waals surface area contributed by atoms with E-state index in [1.54, 1.807) is 13.8 Å². The first kappa shape index (κ1) is 9.97. The maximum absolute atomic E-state index is 9.93. The number of carbonyl (C=O) groups is 1. The summed E-state index contributed by atoms with van der Waals surface area (Å²) in [5, 5.41) is 19.9. The Morgan fingerprint density at radius 3 is 2.55 bits per heavy atom. The van der Waals surface area contributed by atoms with Crippen molar-refractivity contribution in [3.8, 4) is 0 Å². The zero-order chi connectivity index (χ0) is 8.91. The van der Waals surface area contributed by atoms with Gasteiger partial charge >= 0.3 is 5.97 Å². The van der Waals surface area contributed by atoms with Crippen LogP contribution in [-0.2, 0) is 4.79 Å². The molecule has 0 aromatic heterocycles. The summed E-state index contributed by atoms with van der Waals surface area (Å²) in [6.45, 7) is 3.60. The van der Waals surface area contributed by atoms with Crippen LogP contribution in [0.15, 0.2) is 12.3 Å². The summed E-state index contributed by atoms with van der Waals surface area (Å²) in [6.07, 6.45) is 2.27. The van der Waals surface area contributed by atoms with Gasteiger partial charge in [-0.1, -0.05) is 0 Å². The summed E-state index contributed by atoms with van der Waals surface area (Å²) >= 11 is 0. The molecule has 0 rings (SSSR count). The number of carboxylic acids is 1. The third-order valence-corrected chi connectivity index (χ3v) is 0.878. The second-order valence-corrected chi connectivity index (χ2v) is 2.86. The van der Waals surface area contributed by atoms with Crippen molar-refractivity contribution in [3.05, 3.63) is 12.3 Å². The lowest BCUT2D eigenvalue weighted by atomic mass is 10.1. The summed E-state index contributed by atoms with van der Waals surface area (Å²) in [5.74, 6) is -1.01. The quantitative estimate of drug-likeness (QED) is 0.503. The van der Waals surface area contributed by atoms with Crippen LogP contribution in [0.25, 0.3) is 0 Å². The molecule has 11 heavy (non-hydrogen) atoms. The van der Waals surface area contributed by atoms with E-state index >= 15 is 0 Å². The molecule has 64 valence electrons. The van der Waals surface area contributed by atoms with E-state index in [9.17, 15) is 4.79 Å². The van der Waals surface area contributed by atoms with Gasteiger partial charge in [-0.25, -0.2) is 4.79 Å². The smallest absolute Gasteiger partial charge is 0.329 e. The Hall–Kier alpha value is -1.03. The van der Waals surface area contributed by atoms with E-state index in [1.807, 2.05) is 0 Å². The van der Waals surface area contributed by atoms with E-state index in [0.717, 1.165) is 6.08 Å². The molecule has 4 heteroatoms. The molecule has 0 aliphatic rings. The molecule has 0 amide bonds. The maximum Gasteiger partial charge on any atom is 0.329 e. The van der Waals surface area contributed by atoms with Gasteiger partial charge in [-0.3, -0.25) is 0 Å². The van der Waals surface area contributed by atoms with Crippen molar-refractivity contribution in [1.29, 1.82) is 0 Å². The van der Waals surface area contributed by atoms with Crippen LogP contribution in [0.5, 0.6) is 0 Å². The molecule has 0 radical (unpaired) electrons. The van der Waals surface area contributed by atoms with Crippen molar-refractivity contribution in [1.82, 2.24) is 5.32 Å². The summed E-state index contributed by atoms with van der Waals surface area (Å²) in [7, 11) is 0. The average molecular weight is 159 g/mol. The molecule has 0 saturated heterocycles. The molecule has 0 atom stereocenters. The molecule has 0 aromatic rings. The molecule has 0 saturated carbocycles. The van der Waals surface area contributed by atoms with Crippen LogP contribution >= 0.6 is 0 Å². The van der Waals surface area contributed by atoms with Gasteiger partial charge in [0, 0.05) is 18.8 Å². The third-order valence-electron chi connectivity index (χ3n) is 0.878. The van der Waals surface area contributed by atoms with Gasteiger partial charge in [0.05, 0.1) is 5.60 Å². The highest BCUT2D eigenvalue weighted by Gasteiger charge is 2.09. The Bertz CT molecular complexity index is 158. The fourth-order valence-electron chi connectivity index (χ4n) is 0.439. The Balaban J connectivity index is 3.50. The number of aliphatic carboxylic acids is 1. The fourth-order valence-corrected chi connectivity index (χ4v) is 0.439. The first-order valence-corrected chi connectivity index (χ1v) is 3.27. The zero-order valence-electron chi connectivity index (χ0n) is 6.66. The van der Waals surface area contributed by atoms with Gasteiger partial charge in [0.1, 0.15) is 0 Å². The zero-order valence-corrected chi connectivity index (χ0v) is 6.66. The Labute approximate surface area is 65.5 Å². The molecule has 0 spiro atoms. The molecule has 0 aliphatic carbocycles. The monoisotopic (exact) mass is 159 g/mol. The summed E-state index contributed by atoms with van der Waals surface area (Å²) in [6, 6.07) is 0. The van der Waals surface area contributed by atoms with Crippen LogP contribution in [0, 0.1) is 0 Å². The van der Waals surface area contributed by atoms with Crippen LogP contribution in [0.3, 0.4) is 0 Å². The molecule has 0 unspecified atom stereocenters. The highest BCUT2D eigenvalue weighted by molar-refractivity contribution is 5.79. The normalized spacial score (nSPS) is 11.9. The predicted molar refractivity (Wildman–Crippen MR) is 41.1 cm³/mol. The van der Waals surface area contributed by atoms with Crippen LogP contribution in [0.1, 0.15) is 13.8 Å². The first-order valence-electron chi connectivity index (χ1n) is 3.27. The van der Waals surface area contributed by atoms with E-state index in [0.29, 0.717) is 6.54 Å². The number of rotatable bonds is 4. The maximum atomic E-state index is 9.93. The second-order valence-electron chi connectivity index (χ2n) is 2.86. The standard InChI is InChI=1S/C7H13NO3/c1-7(2,11)5-8-4-3-6(9)10/h3-4,8,11H,5H2,1-2H3,(H,9,10)/b4-3+. The van der Waals surface area contributed by atoms with Crippen molar-refractivity contribution >= 4 is 5.97 Å².